The first-order valence-corrected chi connectivity index (χ1v) is 6.83. The van der Waals surface area contributed by atoms with Gasteiger partial charge in [-0.25, -0.2) is 0 Å². The Labute approximate surface area is 124 Å². The number of carbonyl (C=O) groups is 1. The van der Waals surface area contributed by atoms with E-state index in [1.807, 2.05) is 26.8 Å². The highest BCUT2D eigenvalue weighted by atomic mass is 35.5. The van der Waals surface area contributed by atoms with Crippen molar-refractivity contribution in [2.45, 2.75) is 33.4 Å². The van der Waals surface area contributed by atoms with Crippen molar-refractivity contribution >= 4 is 29.1 Å². The van der Waals surface area contributed by atoms with E-state index in [9.17, 15) is 4.79 Å². The van der Waals surface area contributed by atoms with Crippen molar-refractivity contribution in [1.29, 1.82) is 0 Å². The van der Waals surface area contributed by atoms with Crippen LogP contribution in [0.15, 0.2) is 18.2 Å². The molecule has 0 spiro atoms. The molecule has 0 aliphatic carbocycles. The third-order valence-electron chi connectivity index (χ3n) is 2.98. The monoisotopic (exact) mass is 302 g/mol. The van der Waals surface area contributed by atoms with Gasteiger partial charge < -0.3 is 10.6 Å². The van der Waals surface area contributed by atoms with Crippen LogP contribution in [0.5, 0.6) is 0 Å². The van der Waals surface area contributed by atoms with Crippen molar-refractivity contribution in [2.24, 2.45) is 11.1 Å². The molecule has 0 aliphatic rings. The van der Waals surface area contributed by atoms with E-state index in [0.717, 1.165) is 5.56 Å². The predicted molar refractivity (Wildman–Crippen MR) is 80.4 cm³/mol. The second-order valence-corrected chi connectivity index (χ2v) is 6.60. The molecule has 0 heterocycles. The Hall–Kier alpha value is -0.770. The predicted octanol–water partition coefficient (Wildman–Crippen LogP) is 3.33. The summed E-state index contributed by atoms with van der Waals surface area (Å²) in [6.45, 7) is 6.30. The molecular weight excluding hydrogens is 283 g/mol. The number of benzene rings is 1. The van der Waals surface area contributed by atoms with Crippen LogP contribution in [0.4, 0.5) is 0 Å². The maximum absolute atomic E-state index is 12.2. The summed E-state index contributed by atoms with van der Waals surface area (Å²) in [5.41, 5.74) is 6.63. The Balaban J connectivity index is 2.76. The molecule has 0 aromatic heterocycles. The Morgan fingerprint density at radius 2 is 1.89 bits per heavy atom. The fourth-order valence-electron chi connectivity index (χ4n) is 1.60. The number of hydrogen-bond donors (Lipinski definition) is 1. The average molecular weight is 303 g/mol. The van der Waals surface area contributed by atoms with Crippen LogP contribution in [-0.4, -0.2) is 23.9 Å². The van der Waals surface area contributed by atoms with Crippen molar-refractivity contribution in [3.05, 3.63) is 33.8 Å². The molecule has 0 unspecified atom stereocenters. The fourth-order valence-corrected chi connectivity index (χ4v) is 1.92. The van der Waals surface area contributed by atoms with Crippen LogP contribution in [0, 0.1) is 5.41 Å². The van der Waals surface area contributed by atoms with Gasteiger partial charge in [0, 0.05) is 13.6 Å². The lowest BCUT2D eigenvalue weighted by atomic mass is 9.86. The largest absolute Gasteiger partial charge is 0.340 e. The number of carbonyl (C=O) groups excluding carboxylic acids is 1. The Bertz CT molecular complexity index is 469. The molecule has 0 aliphatic heterocycles. The second kappa shape index (κ2) is 6.12. The van der Waals surface area contributed by atoms with Crippen LogP contribution in [-0.2, 0) is 11.3 Å². The van der Waals surface area contributed by atoms with Crippen LogP contribution >= 0.6 is 23.2 Å². The van der Waals surface area contributed by atoms with Crippen LogP contribution < -0.4 is 5.73 Å². The highest BCUT2D eigenvalue weighted by Gasteiger charge is 2.29. The first-order valence-electron chi connectivity index (χ1n) is 6.07. The number of nitrogens with zero attached hydrogens (tertiary/aromatic N) is 1. The van der Waals surface area contributed by atoms with Crippen LogP contribution in [0.2, 0.25) is 10.0 Å². The SMILES string of the molecule is CN(Cc1ccc(Cl)c(Cl)c1)C(=O)[C@H](N)C(C)(C)C. The number of nitrogens with two attached hydrogens (primary N) is 1. The van der Waals surface area contributed by atoms with Crippen molar-refractivity contribution in [2.75, 3.05) is 7.05 Å². The van der Waals surface area contributed by atoms with E-state index < -0.39 is 6.04 Å². The summed E-state index contributed by atoms with van der Waals surface area (Å²) in [5, 5.41) is 0.992. The van der Waals surface area contributed by atoms with Gasteiger partial charge in [-0.2, -0.15) is 0 Å². The number of rotatable bonds is 3. The van der Waals surface area contributed by atoms with Crippen LogP contribution in [0.3, 0.4) is 0 Å². The standard InChI is InChI=1S/C14H20Cl2N2O/c1-14(2,3)12(17)13(19)18(4)8-9-5-6-10(15)11(16)7-9/h5-7,12H,8,17H2,1-4H3/t12-/m0/s1. The van der Waals surface area contributed by atoms with Crippen molar-refractivity contribution in [3.63, 3.8) is 0 Å². The third kappa shape index (κ3) is 4.37. The van der Waals surface area contributed by atoms with Gasteiger partial charge in [-0.05, 0) is 23.1 Å². The molecule has 1 rings (SSSR count). The normalized spacial score (nSPS) is 13.2. The summed E-state index contributed by atoms with van der Waals surface area (Å²) in [4.78, 5) is 13.8. The smallest absolute Gasteiger partial charge is 0.240 e. The first kappa shape index (κ1) is 16.3. The zero-order valence-electron chi connectivity index (χ0n) is 11.7. The number of amides is 1. The highest BCUT2D eigenvalue weighted by molar-refractivity contribution is 6.42. The molecule has 0 saturated heterocycles. The van der Waals surface area contributed by atoms with Crippen molar-refractivity contribution < 1.29 is 4.79 Å². The number of likely N-dealkylation sites (N-methyl/N-ethyl adjacent to an activating group) is 1. The fraction of sp³-hybridized carbons (Fsp3) is 0.500. The molecule has 0 bridgehead atoms. The molecule has 19 heavy (non-hydrogen) atoms. The maximum Gasteiger partial charge on any atom is 0.240 e. The molecule has 0 radical (unpaired) electrons. The van der Waals surface area contributed by atoms with Crippen molar-refractivity contribution in [3.8, 4) is 0 Å². The van der Waals surface area contributed by atoms with E-state index in [1.54, 1.807) is 24.1 Å². The van der Waals surface area contributed by atoms with Gasteiger partial charge >= 0.3 is 0 Å². The molecule has 2 N–H and O–H groups in total. The molecule has 0 saturated carbocycles. The molecule has 1 aromatic carbocycles. The third-order valence-corrected chi connectivity index (χ3v) is 3.72. The Morgan fingerprint density at radius 1 is 1.32 bits per heavy atom. The van der Waals surface area contributed by atoms with E-state index in [-0.39, 0.29) is 11.3 Å². The topological polar surface area (TPSA) is 46.3 Å². The molecular formula is C14H20Cl2N2O. The summed E-state index contributed by atoms with van der Waals surface area (Å²) in [6.07, 6.45) is 0. The summed E-state index contributed by atoms with van der Waals surface area (Å²) in [7, 11) is 1.73. The van der Waals surface area contributed by atoms with Crippen LogP contribution in [0.1, 0.15) is 26.3 Å². The minimum absolute atomic E-state index is 0.0847. The summed E-state index contributed by atoms with van der Waals surface area (Å²) in [5.74, 6) is -0.0847. The first-order chi connectivity index (χ1) is 8.62. The molecule has 5 heteroatoms. The summed E-state index contributed by atoms with van der Waals surface area (Å²) >= 11 is 11.8. The van der Waals surface area contributed by atoms with Gasteiger partial charge in [0.05, 0.1) is 16.1 Å². The minimum Gasteiger partial charge on any atom is -0.340 e. The zero-order valence-corrected chi connectivity index (χ0v) is 13.2. The summed E-state index contributed by atoms with van der Waals surface area (Å²) < 4.78 is 0. The molecule has 0 fully saturated rings. The van der Waals surface area contributed by atoms with Gasteiger partial charge in [0.25, 0.3) is 0 Å². The maximum atomic E-state index is 12.2. The van der Waals surface area contributed by atoms with Gasteiger partial charge in [0.2, 0.25) is 5.91 Å². The van der Waals surface area contributed by atoms with Crippen LogP contribution in [0.25, 0.3) is 0 Å². The Kier molecular flexibility index (Phi) is 5.25. The lowest BCUT2D eigenvalue weighted by molar-refractivity contribution is -0.134. The van der Waals surface area contributed by atoms with Gasteiger partial charge in [-0.3, -0.25) is 4.79 Å². The summed E-state index contributed by atoms with van der Waals surface area (Å²) in [6, 6.07) is 4.80. The lowest BCUT2D eigenvalue weighted by Crippen LogP contribution is -2.48. The van der Waals surface area contributed by atoms with Crippen molar-refractivity contribution in [1.82, 2.24) is 4.90 Å². The van der Waals surface area contributed by atoms with E-state index in [0.29, 0.717) is 16.6 Å². The van der Waals surface area contributed by atoms with E-state index in [2.05, 4.69) is 0 Å². The molecule has 1 aromatic rings. The van der Waals surface area contributed by atoms with Gasteiger partial charge in [-0.1, -0.05) is 50.0 Å². The van der Waals surface area contributed by atoms with E-state index in [1.165, 1.54) is 0 Å². The average Bonchev–Trinajstić information content (AvgIpc) is 2.30. The second-order valence-electron chi connectivity index (χ2n) is 5.79. The highest BCUT2D eigenvalue weighted by Crippen LogP contribution is 2.24. The van der Waals surface area contributed by atoms with Gasteiger partial charge in [0.15, 0.2) is 0 Å². The minimum atomic E-state index is -0.528. The van der Waals surface area contributed by atoms with E-state index >= 15 is 0 Å². The van der Waals surface area contributed by atoms with Gasteiger partial charge in [-0.15, -0.1) is 0 Å². The molecule has 1 atom stereocenters. The number of halogens is 2. The van der Waals surface area contributed by atoms with Gasteiger partial charge in [0.1, 0.15) is 0 Å². The van der Waals surface area contributed by atoms with E-state index in [4.69, 9.17) is 28.9 Å². The number of hydrogen-bond acceptors (Lipinski definition) is 2. The molecule has 3 nitrogen and oxygen atoms in total. The molecule has 1 amide bonds. The molecule has 106 valence electrons. The zero-order chi connectivity index (χ0) is 14.8. The quantitative estimate of drug-likeness (QED) is 0.931. The lowest BCUT2D eigenvalue weighted by Gasteiger charge is -2.30. The Morgan fingerprint density at radius 3 is 2.37 bits per heavy atom.